The fourth-order valence-electron chi connectivity index (χ4n) is 3.38. The smallest absolute Gasteiger partial charge is 0.336 e. The number of cyclic esters (lactones) is 1. The molecule has 132 valence electrons. The first-order valence-corrected chi connectivity index (χ1v) is 8.48. The van der Waals surface area contributed by atoms with Crippen molar-refractivity contribution in [3.63, 3.8) is 0 Å². The Morgan fingerprint density at radius 3 is 2.80 bits per heavy atom. The zero-order chi connectivity index (χ0) is 17.6. The van der Waals surface area contributed by atoms with Crippen LogP contribution in [0.25, 0.3) is 11.0 Å². The highest BCUT2D eigenvalue weighted by atomic mass is 16.6. The zero-order valence-electron chi connectivity index (χ0n) is 14.2. The minimum Gasteiger partial charge on any atom is -0.491 e. The molecule has 6 nitrogen and oxygen atoms in total. The molecule has 0 radical (unpaired) electrons. The molecule has 6 heteroatoms. The number of esters is 1. The Balaban J connectivity index is 1.35. The molecule has 0 saturated carbocycles. The van der Waals surface area contributed by atoms with E-state index < -0.39 is 0 Å². The molecule has 2 aromatic rings. The van der Waals surface area contributed by atoms with Crippen LogP contribution in [0.15, 0.2) is 39.5 Å². The molecule has 25 heavy (non-hydrogen) atoms. The summed E-state index contributed by atoms with van der Waals surface area (Å²) in [7, 11) is 0. The molecule has 0 N–H and O–H groups in total. The highest BCUT2D eigenvalue weighted by molar-refractivity contribution is 5.77. The molecule has 4 atom stereocenters. The number of benzene rings is 1. The van der Waals surface area contributed by atoms with Gasteiger partial charge in [-0.3, -0.25) is 4.79 Å². The van der Waals surface area contributed by atoms with Crippen LogP contribution in [-0.4, -0.2) is 30.4 Å². The lowest BCUT2D eigenvalue weighted by atomic mass is 9.96. The summed E-state index contributed by atoms with van der Waals surface area (Å²) in [6.07, 6.45) is 1.31. The van der Waals surface area contributed by atoms with Crippen LogP contribution >= 0.6 is 0 Å². The third-order valence-corrected chi connectivity index (χ3v) is 4.97. The summed E-state index contributed by atoms with van der Waals surface area (Å²) in [6, 6.07) is 8.50. The third-order valence-electron chi connectivity index (χ3n) is 4.97. The second-order valence-corrected chi connectivity index (χ2v) is 7.08. The molecule has 3 heterocycles. The lowest BCUT2D eigenvalue weighted by Gasteiger charge is -2.13. The molecular formula is C19H20O6. The number of epoxide rings is 1. The van der Waals surface area contributed by atoms with E-state index in [-0.39, 0.29) is 35.3 Å². The van der Waals surface area contributed by atoms with E-state index in [0.29, 0.717) is 24.4 Å². The van der Waals surface area contributed by atoms with Crippen LogP contribution in [-0.2, 0) is 14.3 Å². The van der Waals surface area contributed by atoms with Gasteiger partial charge in [-0.1, -0.05) is 6.92 Å². The summed E-state index contributed by atoms with van der Waals surface area (Å²) < 4.78 is 22.1. The van der Waals surface area contributed by atoms with Crippen LogP contribution in [0.2, 0.25) is 0 Å². The van der Waals surface area contributed by atoms with Crippen LogP contribution < -0.4 is 10.4 Å². The van der Waals surface area contributed by atoms with Crippen molar-refractivity contribution in [1.29, 1.82) is 0 Å². The van der Waals surface area contributed by atoms with Crippen molar-refractivity contribution in [3.05, 3.63) is 40.8 Å². The summed E-state index contributed by atoms with van der Waals surface area (Å²) in [5.41, 5.74) is -0.210. The fraction of sp³-hybridized carbons (Fsp3) is 0.474. The van der Waals surface area contributed by atoms with Crippen molar-refractivity contribution in [2.45, 2.75) is 44.5 Å². The molecular weight excluding hydrogens is 324 g/mol. The maximum atomic E-state index is 11.5. The van der Waals surface area contributed by atoms with Crippen LogP contribution in [0.4, 0.5) is 0 Å². The Morgan fingerprint density at radius 1 is 1.24 bits per heavy atom. The van der Waals surface area contributed by atoms with Crippen molar-refractivity contribution in [1.82, 2.24) is 0 Å². The van der Waals surface area contributed by atoms with Crippen molar-refractivity contribution < 1.29 is 23.4 Å². The van der Waals surface area contributed by atoms with Gasteiger partial charge < -0.3 is 18.6 Å². The Bertz CT molecular complexity index is 872. The quantitative estimate of drug-likeness (QED) is 0.471. The number of hydrogen-bond acceptors (Lipinski definition) is 6. The van der Waals surface area contributed by atoms with Gasteiger partial charge in [0.2, 0.25) is 0 Å². The summed E-state index contributed by atoms with van der Waals surface area (Å²) in [4.78, 5) is 22.8. The minimum atomic E-state index is -0.386. The Morgan fingerprint density at radius 2 is 2.04 bits per heavy atom. The van der Waals surface area contributed by atoms with E-state index in [0.717, 1.165) is 11.8 Å². The van der Waals surface area contributed by atoms with Crippen molar-refractivity contribution in [2.24, 2.45) is 5.92 Å². The van der Waals surface area contributed by atoms with Crippen LogP contribution in [0.1, 0.15) is 26.7 Å². The number of fused-ring (bicyclic) bond motifs is 1. The largest absolute Gasteiger partial charge is 0.491 e. The van der Waals surface area contributed by atoms with E-state index in [4.69, 9.17) is 18.6 Å². The summed E-state index contributed by atoms with van der Waals surface area (Å²) in [5, 5.41) is 0.844. The van der Waals surface area contributed by atoms with Crippen molar-refractivity contribution >= 4 is 16.9 Å². The Hall–Kier alpha value is -2.34. The Labute approximate surface area is 144 Å². The molecule has 0 aliphatic carbocycles. The summed E-state index contributed by atoms with van der Waals surface area (Å²) >= 11 is 0. The average molecular weight is 344 g/mol. The van der Waals surface area contributed by atoms with Crippen molar-refractivity contribution in [2.75, 3.05) is 6.61 Å². The average Bonchev–Trinajstić information content (AvgIpc) is 3.10. The topological polar surface area (TPSA) is 78.3 Å². The highest BCUT2D eigenvalue weighted by Gasteiger charge is 2.55. The van der Waals surface area contributed by atoms with Gasteiger partial charge in [-0.25, -0.2) is 4.79 Å². The van der Waals surface area contributed by atoms with Gasteiger partial charge in [-0.2, -0.15) is 0 Å². The van der Waals surface area contributed by atoms with Gasteiger partial charge >= 0.3 is 11.6 Å². The van der Waals surface area contributed by atoms with Gasteiger partial charge in [-0.05, 0) is 31.5 Å². The molecule has 4 unspecified atom stereocenters. The molecule has 0 amide bonds. The molecule has 4 rings (SSSR count). The molecule has 2 aliphatic heterocycles. The second kappa shape index (κ2) is 5.88. The zero-order valence-corrected chi connectivity index (χ0v) is 14.2. The first kappa shape index (κ1) is 16.1. The van der Waals surface area contributed by atoms with E-state index >= 15 is 0 Å². The molecule has 2 aliphatic rings. The first-order valence-electron chi connectivity index (χ1n) is 8.48. The number of ether oxygens (including phenoxy) is 3. The molecule has 0 bridgehead atoms. The van der Waals surface area contributed by atoms with Gasteiger partial charge in [0, 0.05) is 23.9 Å². The van der Waals surface area contributed by atoms with Gasteiger partial charge in [0.15, 0.2) is 0 Å². The molecule has 1 aromatic carbocycles. The van der Waals surface area contributed by atoms with Gasteiger partial charge in [-0.15, -0.1) is 0 Å². The van der Waals surface area contributed by atoms with E-state index in [9.17, 15) is 9.59 Å². The second-order valence-electron chi connectivity index (χ2n) is 7.08. The maximum Gasteiger partial charge on any atom is 0.336 e. The minimum absolute atomic E-state index is 0.0331. The van der Waals surface area contributed by atoms with E-state index in [1.807, 2.05) is 26.0 Å². The fourth-order valence-corrected chi connectivity index (χ4v) is 3.38. The van der Waals surface area contributed by atoms with Crippen molar-refractivity contribution in [3.8, 4) is 5.75 Å². The predicted octanol–water partition coefficient (Wildman–Crippen LogP) is 2.67. The highest BCUT2D eigenvalue weighted by Crippen LogP contribution is 2.43. The van der Waals surface area contributed by atoms with Gasteiger partial charge in [0.25, 0.3) is 0 Å². The number of rotatable bonds is 5. The molecule has 1 aromatic heterocycles. The first-order chi connectivity index (χ1) is 11.9. The molecule has 2 saturated heterocycles. The van der Waals surface area contributed by atoms with Gasteiger partial charge in [0.1, 0.15) is 30.1 Å². The Kier molecular flexibility index (Phi) is 3.80. The maximum absolute atomic E-state index is 11.5. The predicted molar refractivity (Wildman–Crippen MR) is 89.5 cm³/mol. The molecule has 0 spiro atoms. The SMILES string of the molecule is CC1CC(CC2(C)OC2COc2ccc3ccc(=O)oc3c2)OC1=O. The number of carbonyl (C=O) groups is 1. The third kappa shape index (κ3) is 3.26. The molecule has 2 fully saturated rings. The number of carbonyl (C=O) groups excluding carboxylic acids is 1. The van der Waals surface area contributed by atoms with Crippen LogP contribution in [0.5, 0.6) is 5.75 Å². The van der Waals surface area contributed by atoms with E-state index in [2.05, 4.69) is 0 Å². The van der Waals surface area contributed by atoms with E-state index in [1.54, 1.807) is 12.1 Å². The van der Waals surface area contributed by atoms with Crippen LogP contribution in [0.3, 0.4) is 0 Å². The van der Waals surface area contributed by atoms with E-state index in [1.165, 1.54) is 6.07 Å². The normalized spacial score (nSPS) is 31.1. The lowest BCUT2D eigenvalue weighted by molar-refractivity contribution is -0.144. The summed E-state index contributed by atoms with van der Waals surface area (Å²) in [5.74, 6) is 0.467. The number of hydrogen-bond donors (Lipinski definition) is 0. The monoisotopic (exact) mass is 344 g/mol. The van der Waals surface area contributed by atoms with Gasteiger partial charge in [0.05, 0.1) is 11.5 Å². The van der Waals surface area contributed by atoms with Crippen LogP contribution in [0, 0.1) is 5.92 Å². The summed E-state index contributed by atoms with van der Waals surface area (Å²) in [6.45, 7) is 4.30. The lowest BCUT2D eigenvalue weighted by Crippen LogP contribution is -2.22. The standard InChI is InChI=1S/C19H20O6/c1-11-7-14(23-18(11)21)9-19(2)16(25-19)10-22-13-5-3-12-4-6-17(20)24-15(12)8-13/h3-6,8,11,14,16H,7,9-10H2,1-2H3.